The van der Waals surface area contributed by atoms with Crippen LogP contribution in [0.15, 0.2) is 24.3 Å². The molecule has 0 aliphatic rings. The maximum atomic E-state index is 12.9. The van der Waals surface area contributed by atoms with E-state index in [2.05, 4.69) is 10.4 Å². The van der Waals surface area contributed by atoms with Crippen molar-refractivity contribution in [2.24, 2.45) is 0 Å². The van der Waals surface area contributed by atoms with Gasteiger partial charge in [0.15, 0.2) is 5.82 Å². The van der Waals surface area contributed by atoms with Gasteiger partial charge in [0.2, 0.25) is 5.91 Å². The number of benzene rings is 1. The number of hydrogen-bond acceptors (Lipinski definition) is 5. The average Bonchev–Trinajstić information content (AvgIpc) is 2.77. The second-order valence-electron chi connectivity index (χ2n) is 4.36. The van der Waals surface area contributed by atoms with E-state index in [1.165, 1.54) is 38.3 Å². The Morgan fingerprint density at radius 3 is 2.43 bits per heavy atom. The maximum absolute atomic E-state index is 12.9. The second kappa shape index (κ2) is 5.74. The molecule has 0 aliphatic heterocycles. The Labute approximate surface area is 120 Å². The third-order valence-electron chi connectivity index (χ3n) is 2.91. The molecule has 110 valence electrons. The number of hydrogen-bond donors (Lipinski definition) is 1. The summed E-state index contributed by atoms with van der Waals surface area (Å²) in [6.45, 7) is 2.93. The monoisotopic (exact) mass is 291 g/mol. The van der Waals surface area contributed by atoms with Crippen molar-refractivity contribution in [2.45, 2.75) is 13.8 Å². The molecule has 0 aliphatic carbocycles. The second-order valence-corrected chi connectivity index (χ2v) is 4.36. The van der Waals surface area contributed by atoms with Crippen molar-refractivity contribution in [1.29, 1.82) is 0 Å². The Morgan fingerprint density at radius 1 is 1.29 bits per heavy atom. The molecular formula is C14H14FN3O3. The van der Waals surface area contributed by atoms with Crippen molar-refractivity contribution < 1.29 is 18.7 Å². The van der Waals surface area contributed by atoms with Crippen LogP contribution in [0.2, 0.25) is 0 Å². The van der Waals surface area contributed by atoms with E-state index in [0.29, 0.717) is 11.4 Å². The molecule has 6 nitrogen and oxygen atoms in total. The fraction of sp³-hybridized carbons (Fsp3) is 0.214. The summed E-state index contributed by atoms with van der Waals surface area (Å²) in [6.07, 6.45) is 0. The number of esters is 1. The average molecular weight is 291 g/mol. The summed E-state index contributed by atoms with van der Waals surface area (Å²) in [6, 6.07) is 5.54. The number of carbonyl (C=O) groups is 2. The van der Waals surface area contributed by atoms with Crippen LogP contribution >= 0.6 is 0 Å². The number of carbonyl (C=O) groups excluding carboxylic acids is 2. The molecule has 0 unspecified atom stereocenters. The third kappa shape index (κ3) is 2.91. The number of rotatable bonds is 3. The van der Waals surface area contributed by atoms with Crippen molar-refractivity contribution in [1.82, 2.24) is 9.78 Å². The van der Waals surface area contributed by atoms with E-state index in [4.69, 9.17) is 4.74 Å². The first-order valence-corrected chi connectivity index (χ1v) is 6.15. The zero-order valence-corrected chi connectivity index (χ0v) is 11.8. The third-order valence-corrected chi connectivity index (χ3v) is 2.91. The van der Waals surface area contributed by atoms with Gasteiger partial charge in [-0.3, -0.25) is 4.79 Å². The molecule has 1 aromatic carbocycles. The molecule has 2 aromatic rings. The van der Waals surface area contributed by atoms with Gasteiger partial charge in [-0.25, -0.2) is 13.9 Å². The van der Waals surface area contributed by atoms with Gasteiger partial charge in [0.1, 0.15) is 11.4 Å². The Hall–Kier alpha value is -2.70. The first kappa shape index (κ1) is 14.7. The van der Waals surface area contributed by atoms with Crippen LogP contribution in [0.4, 0.5) is 15.9 Å². The number of nitrogens with zero attached hydrogens (tertiary/aromatic N) is 2. The number of halogens is 1. The summed E-state index contributed by atoms with van der Waals surface area (Å²) < 4.78 is 18.7. The molecule has 1 aromatic heterocycles. The number of ether oxygens (including phenoxy) is 1. The first-order valence-electron chi connectivity index (χ1n) is 6.15. The Balaban J connectivity index is 2.46. The minimum atomic E-state index is -0.607. The van der Waals surface area contributed by atoms with E-state index in [1.807, 2.05) is 0 Å². The smallest absolute Gasteiger partial charge is 0.343 e. The maximum Gasteiger partial charge on any atom is 0.343 e. The molecule has 0 spiro atoms. The topological polar surface area (TPSA) is 73.2 Å². The Kier molecular flexibility index (Phi) is 4.02. The molecule has 0 saturated carbocycles. The molecule has 0 bridgehead atoms. The molecule has 0 fully saturated rings. The summed E-state index contributed by atoms with van der Waals surface area (Å²) in [4.78, 5) is 23.4. The van der Waals surface area contributed by atoms with Crippen LogP contribution in [-0.4, -0.2) is 28.8 Å². The van der Waals surface area contributed by atoms with Crippen LogP contribution in [0.3, 0.4) is 0 Å². The highest BCUT2D eigenvalue weighted by Gasteiger charge is 2.23. The van der Waals surface area contributed by atoms with Crippen molar-refractivity contribution in [3.63, 3.8) is 0 Å². The van der Waals surface area contributed by atoms with E-state index in [1.54, 1.807) is 6.92 Å². The van der Waals surface area contributed by atoms with Crippen LogP contribution < -0.4 is 5.32 Å². The van der Waals surface area contributed by atoms with Gasteiger partial charge in [0, 0.05) is 12.6 Å². The standard InChI is InChI=1S/C14H14FN3O3/c1-8-12(14(20)21-3)13(17-18(8)9(2)19)16-11-6-4-10(15)5-7-11/h4-7H,1-3H3,(H,16,17). The van der Waals surface area contributed by atoms with Crippen molar-refractivity contribution in [3.8, 4) is 0 Å². The number of methoxy groups -OCH3 is 1. The number of nitrogens with one attached hydrogen (secondary N) is 1. The van der Waals surface area contributed by atoms with Gasteiger partial charge in [-0.1, -0.05) is 0 Å². The van der Waals surface area contributed by atoms with Gasteiger partial charge in [0.25, 0.3) is 0 Å². The number of anilines is 2. The molecule has 1 heterocycles. The number of aromatic nitrogens is 2. The van der Waals surface area contributed by atoms with Gasteiger partial charge < -0.3 is 10.1 Å². The quantitative estimate of drug-likeness (QED) is 0.880. The largest absolute Gasteiger partial charge is 0.465 e. The lowest BCUT2D eigenvalue weighted by Gasteiger charge is -2.05. The lowest BCUT2D eigenvalue weighted by Crippen LogP contribution is -2.11. The molecule has 7 heteroatoms. The van der Waals surface area contributed by atoms with Gasteiger partial charge in [0.05, 0.1) is 12.8 Å². The van der Waals surface area contributed by atoms with Crippen LogP contribution in [-0.2, 0) is 4.74 Å². The van der Waals surface area contributed by atoms with Crippen LogP contribution in [0.5, 0.6) is 0 Å². The molecule has 0 atom stereocenters. The van der Waals surface area contributed by atoms with Crippen molar-refractivity contribution in [3.05, 3.63) is 41.3 Å². The fourth-order valence-electron chi connectivity index (χ4n) is 1.91. The van der Waals surface area contributed by atoms with Crippen molar-refractivity contribution in [2.75, 3.05) is 12.4 Å². The highest BCUT2D eigenvalue weighted by molar-refractivity contribution is 5.98. The summed E-state index contributed by atoms with van der Waals surface area (Å²) in [5, 5.41) is 6.94. The minimum Gasteiger partial charge on any atom is -0.465 e. The van der Waals surface area contributed by atoms with Gasteiger partial charge >= 0.3 is 5.97 Å². The normalized spacial score (nSPS) is 10.3. The van der Waals surface area contributed by atoms with Crippen LogP contribution in [0.1, 0.15) is 27.8 Å². The van der Waals surface area contributed by atoms with E-state index in [0.717, 1.165) is 4.68 Å². The van der Waals surface area contributed by atoms with Crippen LogP contribution in [0, 0.1) is 12.7 Å². The zero-order valence-electron chi connectivity index (χ0n) is 11.8. The first-order chi connectivity index (χ1) is 9.93. The molecule has 0 saturated heterocycles. The van der Waals surface area contributed by atoms with E-state index >= 15 is 0 Å². The van der Waals surface area contributed by atoms with Crippen LogP contribution in [0.25, 0.3) is 0 Å². The van der Waals surface area contributed by atoms with Gasteiger partial charge in [-0.15, -0.1) is 5.10 Å². The molecule has 0 radical (unpaired) electrons. The van der Waals surface area contributed by atoms with Gasteiger partial charge in [-0.2, -0.15) is 0 Å². The molecule has 21 heavy (non-hydrogen) atoms. The van der Waals surface area contributed by atoms with E-state index < -0.39 is 5.97 Å². The highest BCUT2D eigenvalue weighted by atomic mass is 19.1. The van der Waals surface area contributed by atoms with Gasteiger partial charge in [-0.05, 0) is 31.2 Å². The predicted octanol–water partition coefficient (Wildman–Crippen LogP) is 2.52. The van der Waals surface area contributed by atoms with Crippen molar-refractivity contribution >= 4 is 23.4 Å². The van der Waals surface area contributed by atoms with E-state index in [-0.39, 0.29) is 23.1 Å². The zero-order chi connectivity index (χ0) is 15.6. The summed E-state index contributed by atoms with van der Waals surface area (Å²) in [7, 11) is 1.24. The lowest BCUT2D eigenvalue weighted by molar-refractivity contribution is 0.0601. The summed E-state index contributed by atoms with van der Waals surface area (Å²) in [5.74, 6) is -1.13. The minimum absolute atomic E-state index is 0.164. The summed E-state index contributed by atoms with van der Waals surface area (Å²) >= 11 is 0. The predicted molar refractivity (Wildman–Crippen MR) is 74.3 cm³/mol. The Morgan fingerprint density at radius 2 is 1.90 bits per heavy atom. The lowest BCUT2D eigenvalue weighted by atomic mass is 10.2. The fourth-order valence-corrected chi connectivity index (χ4v) is 1.91. The molecule has 2 rings (SSSR count). The molecule has 1 N–H and O–H groups in total. The summed E-state index contributed by atoms with van der Waals surface area (Å²) in [5.41, 5.74) is 1.07. The molecule has 0 amide bonds. The Bertz CT molecular complexity index is 692. The van der Waals surface area contributed by atoms with E-state index in [9.17, 15) is 14.0 Å². The molecular weight excluding hydrogens is 277 g/mol. The SMILES string of the molecule is COC(=O)c1c(Nc2ccc(F)cc2)nn(C(C)=O)c1C. The highest BCUT2D eigenvalue weighted by Crippen LogP contribution is 2.24.